The summed E-state index contributed by atoms with van der Waals surface area (Å²) in [5.74, 6) is 0. The second-order valence-corrected chi connectivity index (χ2v) is 4.29. The van der Waals surface area contributed by atoms with Crippen molar-refractivity contribution in [3.63, 3.8) is 0 Å². The molecule has 19 heavy (non-hydrogen) atoms. The van der Waals surface area contributed by atoms with E-state index in [-0.39, 0.29) is 6.04 Å². The van der Waals surface area contributed by atoms with Crippen molar-refractivity contribution in [2.75, 3.05) is 7.05 Å². The number of aryl methyl sites for hydroxylation is 1. The lowest BCUT2D eigenvalue weighted by molar-refractivity contribution is -0.137. The van der Waals surface area contributed by atoms with Gasteiger partial charge in [0.2, 0.25) is 0 Å². The maximum absolute atomic E-state index is 12.5. The van der Waals surface area contributed by atoms with E-state index in [0.717, 1.165) is 23.3 Å². The summed E-state index contributed by atoms with van der Waals surface area (Å²) >= 11 is 0. The molecule has 1 N–H and O–H groups in total. The largest absolute Gasteiger partial charge is 0.416 e. The second kappa shape index (κ2) is 5.05. The molecule has 1 atom stereocenters. The van der Waals surface area contributed by atoms with Crippen molar-refractivity contribution in [2.24, 2.45) is 7.05 Å². The molecule has 0 aliphatic rings. The highest BCUT2D eigenvalue weighted by atomic mass is 19.4. The Labute approximate surface area is 109 Å². The topological polar surface area (TPSA) is 29.9 Å². The Morgan fingerprint density at radius 1 is 1.16 bits per heavy atom. The molecular weight excluding hydrogens is 255 g/mol. The molecule has 0 fully saturated rings. The number of nitrogens with zero attached hydrogens (tertiary/aromatic N) is 2. The molecule has 1 heterocycles. The molecule has 1 unspecified atom stereocenters. The molecule has 0 saturated carbocycles. The van der Waals surface area contributed by atoms with E-state index in [1.807, 2.05) is 6.20 Å². The monoisotopic (exact) mass is 269 g/mol. The minimum atomic E-state index is -4.30. The smallest absolute Gasteiger partial charge is 0.309 e. The van der Waals surface area contributed by atoms with Crippen LogP contribution in [-0.2, 0) is 13.2 Å². The maximum atomic E-state index is 12.5. The number of nitrogens with one attached hydrogen (secondary N) is 1. The number of aromatic nitrogens is 2. The van der Waals surface area contributed by atoms with Gasteiger partial charge in [0.15, 0.2) is 0 Å². The van der Waals surface area contributed by atoms with Crippen LogP contribution < -0.4 is 5.32 Å². The van der Waals surface area contributed by atoms with E-state index >= 15 is 0 Å². The molecule has 0 spiro atoms. The third-order valence-electron chi connectivity index (χ3n) is 2.92. The Kier molecular flexibility index (Phi) is 3.61. The molecule has 3 nitrogen and oxygen atoms in total. The Morgan fingerprint density at radius 3 is 2.21 bits per heavy atom. The van der Waals surface area contributed by atoms with E-state index < -0.39 is 11.7 Å². The van der Waals surface area contributed by atoms with E-state index in [4.69, 9.17) is 0 Å². The summed E-state index contributed by atoms with van der Waals surface area (Å²) < 4.78 is 39.2. The molecule has 102 valence electrons. The standard InChI is InChI=1S/C13H14F3N3/c1-17-12(10-7-18-19(2)8-10)9-3-5-11(6-4-9)13(14,15)16/h3-8,12,17H,1-2H3. The zero-order chi connectivity index (χ0) is 14.0. The van der Waals surface area contributed by atoms with Crippen LogP contribution in [0.25, 0.3) is 0 Å². The number of hydrogen-bond donors (Lipinski definition) is 1. The Bertz CT molecular complexity index is 543. The number of halogens is 3. The van der Waals surface area contributed by atoms with Crippen LogP contribution in [0.15, 0.2) is 36.7 Å². The lowest BCUT2D eigenvalue weighted by atomic mass is 10.0. The molecular formula is C13H14F3N3. The molecule has 1 aromatic heterocycles. The summed E-state index contributed by atoms with van der Waals surface area (Å²) in [6.45, 7) is 0. The zero-order valence-electron chi connectivity index (χ0n) is 10.6. The Hall–Kier alpha value is -1.82. The molecule has 0 bridgehead atoms. The van der Waals surface area contributed by atoms with Crippen LogP contribution in [0.3, 0.4) is 0 Å². The second-order valence-electron chi connectivity index (χ2n) is 4.29. The average molecular weight is 269 g/mol. The van der Waals surface area contributed by atoms with Gasteiger partial charge in [0.1, 0.15) is 0 Å². The Balaban J connectivity index is 2.30. The predicted molar refractivity (Wildman–Crippen MR) is 65.6 cm³/mol. The van der Waals surface area contributed by atoms with E-state index in [0.29, 0.717) is 0 Å². The number of benzene rings is 1. The number of rotatable bonds is 3. The molecule has 2 rings (SSSR count). The molecule has 1 aromatic carbocycles. The first-order valence-electron chi connectivity index (χ1n) is 5.75. The summed E-state index contributed by atoms with van der Waals surface area (Å²) in [7, 11) is 3.55. The van der Waals surface area contributed by atoms with Crippen LogP contribution in [-0.4, -0.2) is 16.8 Å². The van der Waals surface area contributed by atoms with Crippen molar-refractivity contribution in [1.82, 2.24) is 15.1 Å². The first kappa shape index (κ1) is 13.6. The summed E-state index contributed by atoms with van der Waals surface area (Å²) in [4.78, 5) is 0. The number of hydrogen-bond acceptors (Lipinski definition) is 2. The van der Waals surface area contributed by atoms with Crippen molar-refractivity contribution < 1.29 is 13.2 Å². The van der Waals surface area contributed by atoms with E-state index in [9.17, 15) is 13.2 Å². The van der Waals surface area contributed by atoms with Gasteiger partial charge in [-0.2, -0.15) is 18.3 Å². The fourth-order valence-corrected chi connectivity index (χ4v) is 1.98. The molecule has 0 radical (unpaired) electrons. The van der Waals surface area contributed by atoms with Gasteiger partial charge in [-0.1, -0.05) is 12.1 Å². The van der Waals surface area contributed by atoms with Crippen molar-refractivity contribution in [3.05, 3.63) is 53.3 Å². The molecule has 0 amide bonds. The van der Waals surface area contributed by atoms with Gasteiger partial charge in [0.25, 0.3) is 0 Å². The highest BCUT2D eigenvalue weighted by molar-refractivity contribution is 5.32. The SMILES string of the molecule is CNC(c1ccc(C(F)(F)F)cc1)c1cnn(C)c1. The Morgan fingerprint density at radius 2 is 1.79 bits per heavy atom. The van der Waals surface area contributed by atoms with Gasteiger partial charge in [-0.15, -0.1) is 0 Å². The summed E-state index contributed by atoms with van der Waals surface area (Å²) in [6, 6.07) is 4.98. The van der Waals surface area contributed by atoms with Gasteiger partial charge in [-0.25, -0.2) is 0 Å². The molecule has 6 heteroatoms. The van der Waals surface area contributed by atoms with Crippen LogP contribution in [0.1, 0.15) is 22.7 Å². The van der Waals surface area contributed by atoms with Crippen LogP contribution in [0.4, 0.5) is 13.2 Å². The minimum absolute atomic E-state index is 0.170. The molecule has 0 aliphatic heterocycles. The van der Waals surface area contributed by atoms with Crippen LogP contribution in [0.2, 0.25) is 0 Å². The van der Waals surface area contributed by atoms with Crippen molar-refractivity contribution >= 4 is 0 Å². The zero-order valence-corrected chi connectivity index (χ0v) is 10.6. The lowest BCUT2D eigenvalue weighted by Gasteiger charge is -2.16. The highest BCUT2D eigenvalue weighted by Gasteiger charge is 2.30. The van der Waals surface area contributed by atoms with Crippen LogP contribution in [0.5, 0.6) is 0 Å². The summed E-state index contributed by atoms with van der Waals surface area (Å²) in [5.41, 5.74) is 1.03. The van der Waals surface area contributed by atoms with Crippen LogP contribution >= 0.6 is 0 Å². The van der Waals surface area contributed by atoms with Gasteiger partial charge < -0.3 is 5.32 Å². The predicted octanol–water partition coefficient (Wildman–Crippen LogP) is 2.75. The van der Waals surface area contributed by atoms with E-state index in [1.165, 1.54) is 12.1 Å². The maximum Gasteiger partial charge on any atom is 0.416 e. The van der Waals surface area contributed by atoms with Crippen LogP contribution in [0, 0.1) is 0 Å². The van der Waals surface area contributed by atoms with Crippen molar-refractivity contribution in [1.29, 1.82) is 0 Å². The minimum Gasteiger partial charge on any atom is -0.309 e. The van der Waals surface area contributed by atoms with Gasteiger partial charge in [0, 0.05) is 18.8 Å². The third-order valence-corrected chi connectivity index (χ3v) is 2.92. The number of alkyl halides is 3. The van der Waals surface area contributed by atoms with Gasteiger partial charge in [-0.05, 0) is 24.7 Å². The fourth-order valence-electron chi connectivity index (χ4n) is 1.98. The average Bonchev–Trinajstić information content (AvgIpc) is 2.76. The lowest BCUT2D eigenvalue weighted by Crippen LogP contribution is -2.17. The highest BCUT2D eigenvalue weighted by Crippen LogP contribution is 2.30. The first-order valence-corrected chi connectivity index (χ1v) is 5.75. The van der Waals surface area contributed by atoms with E-state index in [2.05, 4.69) is 10.4 Å². The van der Waals surface area contributed by atoms with Crippen molar-refractivity contribution in [3.8, 4) is 0 Å². The first-order chi connectivity index (χ1) is 8.91. The molecule has 0 saturated heterocycles. The molecule has 0 aliphatic carbocycles. The summed E-state index contributed by atoms with van der Waals surface area (Å²) in [6.07, 6.45) is -0.778. The van der Waals surface area contributed by atoms with Gasteiger partial charge in [-0.3, -0.25) is 4.68 Å². The van der Waals surface area contributed by atoms with Crippen molar-refractivity contribution in [2.45, 2.75) is 12.2 Å². The summed E-state index contributed by atoms with van der Waals surface area (Å²) in [5, 5.41) is 7.14. The third kappa shape index (κ3) is 2.96. The normalized spacial score (nSPS) is 13.5. The van der Waals surface area contributed by atoms with E-state index in [1.54, 1.807) is 25.0 Å². The fraction of sp³-hybridized carbons (Fsp3) is 0.308. The van der Waals surface area contributed by atoms with Gasteiger partial charge in [0.05, 0.1) is 17.8 Å². The molecule has 2 aromatic rings. The quantitative estimate of drug-likeness (QED) is 0.928. The van der Waals surface area contributed by atoms with Gasteiger partial charge >= 0.3 is 6.18 Å².